The number of carbonyl (C=O) groups is 1. The third kappa shape index (κ3) is 4.08. The van der Waals surface area contributed by atoms with Crippen molar-refractivity contribution in [3.63, 3.8) is 0 Å². The van der Waals surface area contributed by atoms with Gasteiger partial charge < -0.3 is 5.32 Å². The van der Waals surface area contributed by atoms with E-state index in [4.69, 9.17) is 0 Å². The maximum atomic E-state index is 12.5. The Morgan fingerprint density at radius 2 is 1.96 bits per heavy atom. The summed E-state index contributed by atoms with van der Waals surface area (Å²) in [6, 6.07) is 9.44. The van der Waals surface area contributed by atoms with E-state index < -0.39 is 10.0 Å². The smallest absolute Gasteiger partial charge is 0.227 e. The van der Waals surface area contributed by atoms with Crippen molar-refractivity contribution in [3.8, 4) is 5.69 Å². The van der Waals surface area contributed by atoms with Gasteiger partial charge in [-0.05, 0) is 44.0 Å². The molecule has 0 saturated carbocycles. The minimum atomic E-state index is -3.18. The number of benzene rings is 1. The van der Waals surface area contributed by atoms with Crippen LogP contribution in [0.4, 0.5) is 5.69 Å². The van der Waals surface area contributed by atoms with E-state index in [0.717, 1.165) is 11.4 Å². The molecule has 1 saturated heterocycles. The second kappa shape index (κ2) is 6.97. The van der Waals surface area contributed by atoms with Crippen LogP contribution in [0.1, 0.15) is 18.5 Å². The number of aryl methyl sites for hydroxylation is 1. The molecular weight excluding hydrogens is 340 g/mol. The summed E-state index contributed by atoms with van der Waals surface area (Å²) in [5.74, 6) is -0.240. The van der Waals surface area contributed by atoms with Crippen molar-refractivity contribution in [2.45, 2.75) is 19.8 Å². The molecule has 8 heteroatoms. The van der Waals surface area contributed by atoms with Gasteiger partial charge in [-0.15, -0.1) is 0 Å². The van der Waals surface area contributed by atoms with E-state index in [1.807, 2.05) is 37.3 Å². The van der Waals surface area contributed by atoms with E-state index in [0.29, 0.717) is 31.6 Å². The topological polar surface area (TPSA) is 84.3 Å². The summed E-state index contributed by atoms with van der Waals surface area (Å²) >= 11 is 0. The average Bonchev–Trinajstić information content (AvgIpc) is 3.00. The van der Waals surface area contributed by atoms with Gasteiger partial charge in [0.25, 0.3) is 0 Å². The molecule has 0 unspecified atom stereocenters. The van der Waals surface area contributed by atoms with Crippen molar-refractivity contribution in [3.05, 3.63) is 42.2 Å². The normalized spacial score (nSPS) is 16.7. The molecule has 0 bridgehead atoms. The van der Waals surface area contributed by atoms with Gasteiger partial charge in [0.15, 0.2) is 0 Å². The number of hydrogen-bond donors (Lipinski definition) is 1. The first kappa shape index (κ1) is 17.6. The number of amides is 1. The molecule has 3 rings (SSSR count). The number of aromatic nitrogens is 2. The highest BCUT2D eigenvalue weighted by atomic mass is 32.2. The second-order valence-electron chi connectivity index (χ2n) is 6.36. The standard InChI is InChI=1S/C17H22N4O3S/c1-13-6-9-18-21(13)16-5-3-4-15(12-16)19-17(22)14-7-10-20(11-8-14)25(2,23)24/h3-6,9,12,14H,7-8,10-11H2,1-2H3,(H,19,22). The summed E-state index contributed by atoms with van der Waals surface area (Å²) in [5, 5.41) is 7.21. The number of hydrogen-bond acceptors (Lipinski definition) is 4. The summed E-state index contributed by atoms with van der Waals surface area (Å²) in [7, 11) is -3.18. The lowest BCUT2D eigenvalue weighted by Gasteiger charge is -2.29. The molecule has 25 heavy (non-hydrogen) atoms. The van der Waals surface area contributed by atoms with Gasteiger partial charge in [0.2, 0.25) is 15.9 Å². The molecule has 1 aliphatic rings. The van der Waals surface area contributed by atoms with Crippen LogP contribution in [0.3, 0.4) is 0 Å². The van der Waals surface area contributed by atoms with E-state index >= 15 is 0 Å². The van der Waals surface area contributed by atoms with E-state index in [-0.39, 0.29) is 11.8 Å². The number of rotatable bonds is 4. The van der Waals surface area contributed by atoms with Crippen LogP contribution in [-0.4, -0.2) is 47.8 Å². The summed E-state index contributed by atoms with van der Waals surface area (Å²) < 4.78 is 26.3. The highest BCUT2D eigenvalue weighted by Crippen LogP contribution is 2.22. The van der Waals surface area contributed by atoms with Gasteiger partial charge in [0, 0.05) is 36.6 Å². The predicted molar refractivity (Wildman–Crippen MR) is 96.1 cm³/mol. The zero-order valence-electron chi connectivity index (χ0n) is 14.3. The molecule has 1 amide bonds. The van der Waals surface area contributed by atoms with E-state index in [1.54, 1.807) is 10.9 Å². The van der Waals surface area contributed by atoms with Gasteiger partial charge in [0.05, 0.1) is 11.9 Å². The van der Waals surface area contributed by atoms with Crippen molar-refractivity contribution in [1.82, 2.24) is 14.1 Å². The SMILES string of the molecule is Cc1ccnn1-c1cccc(NC(=O)C2CCN(S(C)(=O)=O)CC2)c1. The molecule has 0 atom stereocenters. The van der Waals surface area contributed by atoms with Gasteiger partial charge in [0.1, 0.15) is 0 Å². The lowest BCUT2D eigenvalue weighted by atomic mass is 9.97. The zero-order valence-corrected chi connectivity index (χ0v) is 15.2. The molecule has 1 aromatic heterocycles. The minimum absolute atomic E-state index is 0.0671. The fraction of sp³-hybridized carbons (Fsp3) is 0.412. The van der Waals surface area contributed by atoms with Gasteiger partial charge in [-0.2, -0.15) is 5.10 Å². The van der Waals surface area contributed by atoms with Crippen molar-refractivity contribution in [1.29, 1.82) is 0 Å². The Hall–Kier alpha value is -2.19. The third-order valence-corrected chi connectivity index (χ3v) is 5.79. The molecule has 0 aliphatic carbocycles. The first-order valence-electron chi connectivity index (χ1n) is 8.21. The zero-order chi connectivity index (χ0) is 18.0. The molecule has 2 heterocycles. The summed E-state index contributed by atoms with van der Waals surface area (Å²) in [6.45, 7) is 2.75. The molecule has 134 valence electrons. The molecular formula is C17H22N4O3S. The largest absolute Gasteiger partial charge is 0.326 e. The Morgan fingerprint density at radius 1 is 1.24 bits per heavy atom. The predicted octanol–water partition coefficient (Wildman–Crippen LogP) is 1.79. The molecule has 2 aromatic rings. The van der Waals surface area contributed by atoms with E-state index in [2.05, 4.69) is 10.4 Å². The van der Waals surface area contributed by atoms with Crippen molar-refractivity contribution in [2.75, 3.05) is 24.7 Å². The van der Waals surface area contributed by atoms with Crippen LogP contribution in [0, 0.1) is 12.8 Å². The average molecular weight is 362 g/mol. The summed E-state index contributed by atoms with van der Waals surface area (Å²) in [5.41, 5.74) is 2.60. The minimum Gasteiger partial charge on any atom is -0.326 e. The fourth-order valence-electron chi connectivity index (χ4n) is 3.05. The molecule has 1 N–H and O–H groups in total. The summed E-state index contributed by atoms with van der Waals surface area (Å²) in [4.78, 5) is 12.5. The monoisotopic (exact) mass is 362 g/mol. The maximum absolute atomic E-state index is 12.5. The number of piperidine rings is 1. The highest BCUT2D eigenvalue weighted by molar-refractivity contribution is 7.88. The van der Waals surface area contributed by atoms with Crippen molar-refractivity contribution in [2.24, 2.45) is 5.92 Å². The van der Waals surface area contributed by atoms with E-state index in [9.17, 15) is 13.2 Å². The number of carbonyl (C=O) groups excluding carboxylic acids is 1. The molecule has 1 aliphatic heterocycles. The Kier molecular flexibility index (Phi) is 4.91. The van der Waals surface area contributed by atoms with Crippen LogP contribution in [0.15, 0.2) is 36.5 Å². The first-order valence-corrected chi connectivity index (χ1v) is 10.1. The number of nitrogens with zero attached hydrogens (tertiary/aromatic N) is 3. The molecule has 1 fully saturated rings. The number of anilines is 1. The molecule has 1 aromatic carbocycles. The maximum Gasteiger partial charge on any atom is 0.227 e. The van der Waals surface area contributed by atoms with Crippen molar-refractivity contribution < 1.29 is 13.2 Å². The first-order chi connectivity index (χ1) is 11.8. The lowest BCUT2D eigenvalue weighted by molar-refractivity contribution is -0.120. The Balaban J connectivity index is 1.65. The third-order valence-electron chi connectivity index (χ3n) is 4.48. The summed E-state index contributed by atoms with van der Waals surface area (Å²) in [6.07, 6.45) is 4.01. The van der Waals surface area contributed by atoms with Crippen molar-refractivity contribution >= 4 is 21.6 Å². The van der Waals surface area contributed by atoms with Crippen LogP contribution in [0.5, 0.6) is 0 Å². The van der Waals surface area contributed by atoms with Crippen LogP contribution >= 0.6 is 0 Å². The van der Waals surface area contributed by atoms with Gasteiger partial charge in [-0.1, -0.05) is 6.07 Å². The number of nitrogens with one attached hydrogen (secondary N) is 1. The van der Waals surface area contributed by atoms with Crippen LogP contribution in [-0.2, 0) is 14.8 Å². The van der Waals surface area contributed by atoms with Gasteiger partial charge in [-0.3, -0.25) is 4.79 Å². The lowest BCUT2D eigenvalue weighted by Crippen LogP contribution is -2.40. The fourth-order valence-corrected chi connectivity index (χ4v) is 3.92. The molecule has 0 spiro atoms. The molecule has 7 nitrogen and oxygen atoms in total. The quantitative estimate of drug-likeness (QED) is 0.899. The Bertz CT molecular complexity index is 868. The second-order valence-corrected chi connectivity index (χ2v) is 8.34. The van der Waals surface area contributed by atoms with Crippen LogP contribution in [0.25, 0.3) is 5.69 Å². The molecule has 0 radical (unpaired) electrons. The van der Waals surface area contributed by atoms with Gasteiger partial charge >= 0.3 is 0 Å². The van der Waals surface area contributed by atoms with Gasteiger partial charge in [-0.25, -0.2) is 17.4 Å². The van der Waals surface area contributed by atoms with Crippen LogP contribution in [0.2, 0.25) is 0 Å². The number of sulfonamides is 1. The van der Waals surface area contributed by atoms with Crippen LogP contribution < -0.4 is 5.32 Å². The van der Waals surface area contributed by atoms with E-state index in [1.165, 1.54) is 10.6 Å². The Morgan fingerprint density at radius 3 is 2.56 bits per heavy atom. The Labute approximate surface area is 147 Å². The highest BCUT2D eigenvalue weighted by Gasteiger charge is 2.28.